The van der Waals surface area contributed by atoms with Gasteiger partial charge in [-0.1, -0.05) is 45.0 Å². The van der Waals surface area contributed by atoms with Gasteiger partial charge in [0.1, 0.15) is 5.76 Å². The summed E-state index contributed by atoms with van der Waals surface area (Å²) in [6.07, 6.45) is 3.69. The first-order valence-electron chi connectivity index (χ1n) is 11.2. The molecule has 4 N–H and O–H groups in total. The molecule has 0 aliphatic carbocycles. The lowest BCUT2D eigenvalue weighted by Crippen LogP contribution is -2.40. The van der Waals surface area contributed by atoms with Crippen LogP contribution in [0.25, 0.3) is 0 Å². The van der Waals surface area contributed by atoms with E-state index in [2.05, 4.69) is 70.5 Å². The molecule has 0 saturated carbocycles. The summed E-state index contributed by atoms with van der Waals surface area (Å²) in [7, 11) is 1.74. The summed E-state index contributed by atoms with van der Waals surface area (Å²) in [5.41, 5.74) is 7.84. The Morgan fingerprint density at radius 2 is 2.00 bits per heavy atom. The van der Waals surface area contributed by atoms with Crippen LogP contribution < -0.4 is 16.4 Å². The predicted molar refractivity (Wildman–Crippen MR) is 141 cm³/mol. The number of hydrogen-bond donors (Lipinski definition) is 3. The molecular weight excluding hydrogens is 531 g/mol. The van der Waals surface area contributed by atoms with Crippen LogP contribution >= 0.6 is 24.0 Å². The van der Waals surface area contributed by atoms with Gasteiger partial charge in [0.15, 0.2) is 5.96 Å². The van der Waals surface area contributed by atoms with Crippen LogP contribution in [0.15, 0.2) is 39.9 Å². The number of nitrogens with two attached hydrogens (primary N) is 1. The third-order valence-corrected chi connectivity index (χ3v) is 5.69. The second kappa shape index (κ2) is 12.4. The van der Waals surface area contributed by atoms with Gasteiger partial charge in [0, 0.05) is 32.1 Å². The number of aromatic nitrogens is 1. The minimum Gasteiger partial charge on any atom is -0.443 e. The summed E-state index contributed by atoms with van der Waals surface area (Å²) in [5.74, 6) is 1.96. The average Bonchev–Trinajstić information content (AvgIpc) is 3.24. The van der Waals surface area contributed by atoms with Gasteiger partial charge < -0.3 is 20.8 Å². The van der Waals surface area contributed by atoms with E-state index >= 15 is 0 Å². The van der Waals surface area contributed by atoms with Crippen molar-refractivity contribution in [2.45, 2.75) is 58.7 Å². The molecule has 2 aromatic rings. The Kier molecular flexibility index (Phi) is 10.2. The number of primary amides is 1. The summed E-state index contributed by atoms with van der Waals surface area (Å²) >= 11 is 0. The summed E-state index contributed by atoms with van der Waals surface area (Å²) in [4.78, 5) is 22.5. The molecule has 1 aliphatic rings. The summed E-state index contributed by atoms with van der Waals surface area (Å²) in [6.45, 7) is 9.97. The van der Waals surface area contributed by atoms with Gasteiger partial charge in [-0.3, -0.25) is 14.7 Å². The van der Waals surface area contributed by atoms with Crippen LogP contribution in [0, 0.1) is 5.92 Å². The minimum atomic E-state index is -0.189. The van der Waals surface area contributed by atoms with Crippen LogP contribution in [0.2, 0.25) is 0 Å². The number of aliphatic imine (C=N–C) groups is 1. The standard InChI is InChI=1S/C24H36N6O2.HI/c1-24(2,3)20-13-27-21(32-20)14-29-23(26-4)28-12-17-7-5-8-18(11-17)15-30-10-6-9-19(16-30)22(25)31;/h5,7-8,11,13,19H,6,9-10,12,14-16H2,1-4H3,(H2,25,31)(H2,26,28,29);1H. The van der Waals surface area contributed by atoms with Gasteiger partial charge in [-0.2, -0.15) is 0 Å². The third kappa shape index (κ3) is 8.29. The van der Waals surface area contributed by atoms with E-state index in [0.717, 1.165) is 38.2 Å². The largest absolute Gasteiger partial charge is 0.443 e. The number of benzene rings is 1. The van der Waals surface area contributed by atoms with Crippen LogP contribution in [-0.2, 0) is 29.8 Å². The van der Waals surface area contributed by atoms with Gasteiger partial charge in [0.05, 0.1) is 18.7 Å². The van der Waals surface area contributed by atoms with E-state index in [1.54, 1.807) is 13.2 Å². The summed E-state index contributed by atoms with van der Waals surface area (Å²) in [6, 6.07) is 8.48. The maximum absolute atomic E-state index is 11.5. The van der Waals surface area contributed by atoms with Crippen LogP contribution in [0.5, 0.6) is 0 Å². The van der Waals surface area contributed by atoms with Gasteiger partial charge in [-0.25, -0.2) is 4.98 Å². The topological polar surface area (TPSA) is 109 Å². The smallest absolute Gasteiger partial charge is 0.221 e. The molecule has 0 spiro atoms. The molecule has 1 atom stereocenters. The molecule has 182 valence electrons. The number of carbonyl (C=O) groups is 1. The van der Waals surface area contributed by atoms with E-state index in [-0.39, 0.29) is 41.2 Å². The third-order valence-electron chi connectivity index (χ3n) is 5.69. The zero-order valence-corrected chi connectivity index (χ0v) is 22.4. The molecule has 3 rings (SSSR count). The van der Waals surface area contributed by atoms with Crippen molar-refractivity contribution in [1.82, 2.24) is 20.5 Å². The highest BCUT2D eigenvalue weighted by atomic mass is 127. The fourth-order valence-electron chi connectivity index (χ4n) is 3.83. The van der Waals surface area contributed by atoms with Crippen LogP contribution in [0.1, 0.15) is 56.4 Å². The van der Waals surface area contributed by atoms with Gasteiger partial charge in [-0.15, -0.1) is 24.0 Å². The molecule has 1 aromatic carbocycles. The SMILES string of the molecule is CN=C(NCc1cccc(CN2CCCC(C(N)=O)C2)c1)NCc1ncc(C(C)(C)C)o1.I. The Hall–Kier alpha value is -2.14. The normalized spacial score (nSPS) is 17.3. The molecule has 1 aliphatic heterocycles. The number of guanidine groups is 1. The molecule has 1 fully saturated rings. The molecule has 8 nitrogen and oxygen atoms in total. The van der Waals surface area contributed by atoms with E-state index in [1.165, 1.54) is 11.1 Å². The van der Waals surface area contributed by atoms with Gasteiger partial charge in [-0.05, 0) is 30.5 Å². The quantitative estimate of drug-likeness (QED) is 0.269. The van der Waals surface area contributed by atoms with E-state index < -0.39 is 0 Å². The number of nitrogens with zero attached hydrogens (tertiary/aromatic N) is 3. The number of piperidine rings is 1. The molecule has 0 bridgehead atoms. The van der Waals surface area contributed by atoms with Crippen molar-refractivity contribution in [2.24, 2.45) is 16.6 Å². The first-order valence-corrected chi connectivity index (χ1v) is 11.2. The number of amides is 1. The highest BCUT2D eigenvalue weighted by molar-refractivity contribution is 14.0. The molecule has 0 radical (unpaired) electrons. The van der Waals surface area contributed by atoms with Gasteiger partial charge in [0.25, 0.3) is 0 Å². The number of rotatable bonds is 7. The Morgan fingerprint density at radius 3 is 2.67 bits per heavy atom. The fourth-order valence-corrected chi connectivity index (χ4v) is 3.83. The molecule has 1 amide bonds. The number of likely N-dealkylation sites (tertiary alicyclic amines) is 1. The lowest BCUT2D eigenvalue weighted by molar-refractivity contribution is -0.123. The van der Waals surface area contributed by atoms with E-state index in [9.17, 15) is 4.79 Å². The average molecular weight is 569 g/mol. The molecule has 2 heterocycles. The molecule has 33 heavy (non-hydrogen) atoms. The lowest BCUT2D eigenvalue weighted by Gasteiger charge is -2.31. The first kappa shape index (κ1) is 27.1. The second-order valence-electron chi connectivity index (χ2n) is 9.44. The van der Waals surface area contributed by atoms with Crippen LogP contribution in [-0.4, -0.2) is 41.9 Å². The van der Waals surface area contributed by atoms with Crippen molar-refractivity contribution >= 4 is 35.8 Å². The molecule has 1 unspecified atom stereocenters. The monoisotopic (exact) mass is 568 g/mol. The van der Waals surface area contributed by atoms with E-state index in [4.69, 9.17) is 10.2 Å². The number of oxazole rings is 1. The Bertz CT molecular complexity index is 937. The predicted octanol–water partition coefficient (Wildman–Crippen LogP) is 3.15. The molecular formula is C24H37IN6O2. The first-order chi connectivity index (χ1) is 15.2. The maximum atomic E-state index is 11.5. The number of halogens is 1. The molecule has 1 aromatic heterocycles. The Morgan fingerprint density at radius 1 is 1.27 bits per heavy atom. The zero-order chi connectivity index (χ0) is 23.1. The molecule has 1 saturated heterocycles. The van der Waals surface area contributed by atoms with Crippen LogP contribution in [0.3, 0.4) is 0 Å². The zero-order valence-electron chi connectivity index (χ0n) is 20.1. The Balaban J connectivity index is 0.00000385. The second-order valence-corrected chi connectivity index (χ2v) is 9.44. The van der Waals surface area contributed by atoms with Crippen molar-refractivity contribution in [2.75, 3.05) is 20.1 Å². The van der Waals surface area contributed by atoms with Crippen molar-refractivity contribution in [3.8, 4) is 0 Å². The summed E-state index contributed by atoms with van der Waals surface area (Å²) < 4.78 is 5.83. The van der Waals surface area contributed by atoms with Crippen molar-refractivity contribution in [3.05, 3.63) is 53.2 Å². The number of hydrogen-bond acceptors (Lipinski definition) is 5. The van der Waals surface area contributed by atoms with Gasteiger partial charge >= 0.3 is 0 Å². The van der Waals surface area contributed by atoms with E-state index in [0.29, 0.717) is 24.9 Å². The molecule has 9 heteroatoms. The fraction of sp³-hybridized carbons (Fsp3) is 0.542. The van der Waals surface area contributed by atoms with Gasteiger partial charge in [0.2, 0.25) is 11.8 Å². The Labute approximate surface area is 213 Å². The summed E-state index contributed by atoms with van der Waals surface area (Å²) in [5, 5.41) is 6.59. The van der Waals surface area contributed by atoms with Crippen LogP contribution in [0.4, 0.5) is 0 Å². The van der Waals surface area contributed by atoms with Crippen molar-refractivity contribution < 1.29 is 9.21 Å². The number of carbonyl (C=O) groups excluding carboxylic acids is 1. The highest BCUT2D eigenvalue weighted by Crippen LogP contribution is 2.22. The maximum Gasteiger partial charge on any atom is 0.221 e. The van der Waals surface area contributed by atoms with Crippen molar-refractivity contribution in [1.29, 1.82) is 0 Å². The highest BCUT2D eigenvalue weighted by Gasteiger charge is 2.24. The van der Waals surface area contributed by atoms with E-state index in [1.807, 2.05) is 0 Å². The minimum absolute atomic E-state index is 0. The van der Waals surface area contributed by atoms with Crippen molar-refractivity contribution in [3.63, 3.8) is 0 Å². The lowest BCUT2D eigenvalue weighted by atomic mass is 9.94. The number of nitrogens with one attached hydrogen (secondary N) is 2.